The third-order valence-corrected chi connectivity index (χ3v) is 7.58. The number of amides is 2. The molecule has 1 N–H and O–H groups in total. The number of nitrogens with one attached hydrogen (secondary N) is 1. The fraction of sp³-hybridized carbons (Fsp3) is 0.389. The van der Waals surface area contributed by atoms with E-state index in [1.165, 1.54) is 12.1 Å². The molecule has 4 rings (SSSR count). The normalized spacial score (nSPS) is 18.8. The summed E-state index contributed by atoms with van der Waals surface area (Å²) >= 11 is 12.0. The molecule has 2 amide bonds. The van der Waals surface area contributed by atoms with Crippen LogP contribution >= 0.6 is 23.2 Å². The number of rotatable bonds is 5. The number of benzene rings is 1. The lowest BCUT2D eigenvalue weighted by molar-refractivity contribution is 0.225. The number of fused-ring (bicyclic) bond motifs is 1. The minimum Gasteiger partial charge on any atom is -0.338 e. The molecule has 160 valence electrons. The monoisotopic (exact) mass is 470 g/mol. The van der Waals surface area contributed by atoms with E-state index in [1.54, 1.807) is 18.5 Å². The Bertz CT molecular complexity index is 1050. The summed E-state index contributed by atoms with van der Waals surface area (Å²) in [5, 5.41) is 2.80. The van der Waals surface area contributed by atoms with Crippen molar-refractivity contribution in [1.82, 2.24) is 19.2 Å². The van der Waals surface area contributed by atoms with Crippen molar-refractivity contribution < 1.29 is 13.2 Å². The van der Waals surface area contributed by atoms with Crippen LogP contribution in [-0.2, 0) is 10.0 Å². The van der Waals surface area contributed by atoms with Gasteiger partial charge >= 0.3 is 6.03 Å². The number of urea groups is 1. The summed E-state index contributed by atoms with van der Waals surface area (Å²) < 4.78 is 26.7. The molecular weight excluding hydrogens is 451 g/mol. The molecule has 1 fully saturated rings. The Morgan fingerprint density at radius 3 is 2.43 bits per heavy atom. The highest BCUT2D eigenvalue weighted by Gasteiger charge is 2.38. The predicted molar refractivity (Wildman–Crippen MR) is 115 cm³/mol. The van der Waals surface area contributed by atoms with Gasteiger partial charge in [-0.15, -0.1) is 0 Å². The average molecular weight is 471 g/mol. The topological polar surface area (TPSA) is 98.7 Å². The number of nitrogens with zero attached hydrogens (tertiary/aromatic N) is 5. The van der Waals surface area contributed by atoms with Crippen LogP contribution in [0.5, 0.6) is 0 Å². The van der Waals surface area contributed by atoms with E-state index in [9.17, 15) is 13.2 Å². The van der Waals surface area contributed by atoms with Crippen LogP contribution in [0.15, 0.2) is 35.5 Å². The first kappa shape index (κ1) is 21.1. The molecular formula is C18H20Cl2N6O3S. The SMILES string of the molecule is O=C1Nc2cc(Cl)cc(Cl)c2S(=O)(=O)N1CCCN1CCN(c2ncccn2)CC1. The molecule has 0 unspecified atom stereocenters. The van der Waals surface area contributed by atoms with Crippen LogP contribution < -0.4 is 10.2 Å². The van der Waals surface area contributed by atoms with Gasteiger partial charge in [-0.3, -0.25) is 4.90 Å². The van der Waals surface area contributed by atoms with Crippen molar-refractivity contribution in [2.45, 2.75) is 11.3 Å². The summed E-state index contributed by atoms with van der Waals surface area (Å²) in [6.45, 7) is 3.93. The van der Waals surface area contributed by atoms with E-state index in [1.807, 2.05) is 0 Å². The van der Waals surface area contributed by atoms with Gasteiger partial charge in [-0.05, 0) is 24.6 Å². The van der Waals surface area contributed by atoms with E-state index in [2.05, 4.69) is 25.1 Å². The van der Waals surface area contributed by atoms with E-state index in [0.717, 1.165) is 30.5 Å². The predicted octanol–water partition coefficient (Wildman–Crippen LogP) is 2.53. The van der Waals surface area contributed by atoms with Gasteiger partial charge in [0.2, 0.25) is 5.95 Å². The van der Waals surface area contributed by atoms with Crippen molar-refractivity contribution >= 4 is 50.9 Å². The standard InChI is InChI=1S/C18H20Cl2N6O3S/c19-13-11-14(20)16-15(12-13)23-18(27)26(30(16,28)29)6-2-5-24-7-9-25(10-8-24)17-21-3-1-4-22-17/h1,3-4,11-12H,2,5-10H2,(H,23,27). The van der Waals surface area contributed by atoms with Crippen molar-refractivity contribution in [3.63, 3.8) is 0 Å². The molecule has 0 saturated carbocycles. The molecule has 12 heteroatoms. The van der Waals surface area contributed by atoms with Crippen LogP contribution in [-0.4, -0.2) is 72.9 Å². The van der Waals surface area contributed by atoms with Gasteiger partial charge in [0, 0.05) is 56.7 Å². The third-order valence-electron chi connectivity index (χ3n) is 5.07. The number of halogens is 2. The molecule has 2 aromatic rings. The van der Waals surface area contributed by atoms with E-state index >= 15 is 0 Å². The van der Waals surface area contributed by atoms with E-state index in [4.69, 9.17) is 23.2 Å². The van der Waals surface area contributed by atoms with Crippen molar-refractivity contribution in [1.29, 1.82) is 0 Å². The second-order valence-electron chi connectivity index (χ2n) is 7.00. The summed E-state index contributed by atoms with van der Waals surface area (Å²) in [4.78, 5) is 25.1. The Balaban J connectivity index is 1.35. The maximum atomic E-state index is 12.9. The van der Waals surface area contributed by atoms with Gasteiger partial charge in [0.05, 0.1) is 10.7 Å². The Morgan fingerprint density at radius 2 is 1.73 bits per heavy atom. The highest BCUT2D eigenvalue weighted by atomic mass is 35.5. The fourth-order valence-electron chi connectivity index (χ4n) is 3.60. The minimum atomic E-state index is -4.04. The molecule has 30 heavy (non-hydrogen) atoms. The number of carbonyl (C=O) groups is 1. The first-order valence-electron chi connectivity index (χ1n) is 9.43. The largest absolute Gasteiger partial charge is 0.338 e. The maximum absolute atomic E-state index is 12.9. The highest BCUT2D eigenvalue weighted by molar-refractivity contribution is 7.90. The number of aromatic nitrogens is 2. The molecule has 0 aliphatic carbocycles. The molecule has 1 aromatic carbocycles. The number of hydrogen-bond donors (Lipinski definition) is 1. The number of piperazine rings is 1. The molecule has 3 heterocycles. The van der Waals surface area contributed by atoms with Gasteiger partial charge in [0.1, 0.15) is 4.90 Å². The quantitative estimate of drug-likeness (QED) is 0.716. The molecule has 1 saturated heterocycles. The maximum Gasteiger partial charge on any atom is 0.335 e. The molecule has 0 spiro atoms. The Labute approximate surface area is 184 Å². The van der Waals surface area contributed by atoms with Gasteiger partial charge in [-0.2, -0.15) is 0 Å². The van der Waals surface area contributed by atoms with Gasteiger partial charge in [0.15, 0.2) is 0 Å². The van der Waals surface area contributed by atoms with Gasteiger partial charge in [-0.1, -0.05) is 23.2 Å². The van der Waals surface area contributed by atoms with Gasteiger partial charge < -0.3 is 10.2 Å². The summed E-state index contributed by atoms with van der Waals surface area (Å²) in [6.07, 6.45) is 3.95. The smallest absolute Gasteiger partial charge is 0.335 e. The minimum absolute atomic E-state index is 0.0123. The van der Waals surface area contributed by atoms with Crippen LogP contribution in [0.2, 0.25) is 10.0 Å². The first-order chi connectivity index (χ1) is 14.4. The third kappa shape index (κ3) is 4.18. The molecule has 0 atom stereocenters. The van der Waals surface area contributed by atoms with Crippen LogP contribution in [0.1, 0.15) is 6.42 Å². The van der Waals surface area contributed by atoms with Crippen molar-refractivity contribution in [3.05, 3.63) is 40.6 Å². The lowest BCUT2D eigenvalue weighted by Gasteiger charge is -2.35. The number of carbonyl (C=O) groups excluding carboxylic acids is 1. The van der Waals surface area contributed by atoms with E-state index in [-0.39, 0.29) is 27.2 Å². The van der Waals surface area contributed by atoms with Crippen molar-refractivity contribution in [2.75, 3.05) is 49.5 Å². The zero-order valence-corrected chi connectivity index (χ0v) is 18.3. The van der Waals surface area contributed by atoms with Crippen LogP contribution in [0, 0.1) is 0 Å². The highest BCUT2D eigenvalue weighted by Crippen LogP contribution is 2.38. The molecule has 1 aromatic heterocycles. The summed E-state index contributed by atoms with van der Waals surface area (Å²) in [5.41, 5.74) is 0.105. The van der Waals surface area contributed by atoms with E-state index < -0.39 is 16.1 Å². The Morgan fingerprint density at radius 1 is 1.03 bits per heavy atom. The second-order valence-corrected chi connectivity index (χ2v) is 9.65. The van der Waals surface area contributed by atoms with Crippen molar-refractivity contribution in [3.8, 4) is 0 Å². The zero-order chi connectivity index (χ0) is 21.3. The van der Waals surface area contributed by atoms with Crippen molar-refractivity contribution in [2.24, 2.45) is 0 Å². The summed E-state index contributed by atoms with van der Waals surface area (Å²) in [7, 11) is -4.04. The number of anilines is 2. The van der Waals surface area contributed by atoms with Crippen LogP contribution in [0.3, 0.4) is 0 Å². The van der Waals surface area contributed by atoms with Crippen LogP contribution in [0.25, 0.3) is 0 Å². The molecule has 2 aliphatic rings. The second kappa shape index (κ2) is 8.54. The van der Waals surface area contributed by atoms with Crippen LogP contribution in [0.4, 0.5) is 16.4 Å². The van der Waals surface area contributed by atoms with E-state index in [0.29, 0.717) is 18.9 Å². The molecule has 9 nitrogen and oxygen atoms in total. The lowest BCUT2D eigenvalue weighted by Crippen LogP contribution is -2.48. The van der Waals surface area contributed by atoms with Gasteiger partial charge in [0.25, 0.3) is 10.0 Å². The molecule has 0 radical (unpaired) electrons. The van der Waals surface area contributed by atoms with Gasteiger partial charge in [-0.25, -0.2) is 27.5 Å². The number of sulfonamides is 1. The first-order valence-corrected chi connectivity index (χ1v) is 11.6. The lowest BCUT2D eigenvalue weighted by atomic mass is 10.3. The zero-order valence-electron chi connectivity index (χ0n) is 16.0. The summed E-state index contributed by atoms with van der Waals surface area (Å²) in [6, 6.07) is 3.81. The number of hydrogen-bond acceptors (Lipinski definition) is 7. The molecule has 0 bridgehead atoms. The fourth-order valence-corrected chi connectivity index (χ4v) is 5.93. The Kier molecular flexibility index (Phi) is 6.01. The average Bonchev–Trinajstić information content (AvgIpc) is 2.70. The molecule has 2 aliphatic heterocycles. The summed E-state index contributed by atoms with van der Waals surface area (Å²) in [5.74, 6) is 0.712. The Hall–Kier alpha value is -2.14.